The maximum absolute atomic E-state index is 13.8. The Balaban J connectivity index is 2.21. The quantitative estimate of drug-likeness (QED) is 0.876. The maximum atomic E-state index is 13.8. The molecule has 0 aromatic heterocycles. The molecule has 1 fully saturated rings. The first-order chi connectivity index (χ1) is 8.87. The van der Waals surface area contributed by atoms with E-state index in [1.807, 2.05) is 18.7 Å². The van der Waals surface area contributed by atoms with E-state index in [2.05, 4.69) is 5.32 Å². The van der Waals surface area contributed by atoms with E-state index in [-0.39, 0.29) is 23.8 Å². The average Bonchev–Trinajstić information content (AvgIpc) is 2.26. The molecule has 1 aromatic carbocycles. The highest BCUT2D eigenvalue weighted by Crippen LogP contribution is 2.25. The van der Waals surface area contributed by atoms with Gasteiger partial charge in [0, 0.05) is 24.7 Å². The molecule has 0 aliphatic carbocycles. The van der Waals surface area contributed by atoms with Gasteiger partial charge in [-0.2, -0.15) is 0 Å². The molecule has 19 heavy (non-hydrogen) atoms. The topological polar surface area (TPSA) is 52.6 Å². The van der Waals surface area contributed by atoms with E-state index in [9.17, 15) is 9.18 Å². The number of hydrogen-bond donors (Lipinski definition) is 2. The molecule has 1 atom stereocenters. The minimum absolute atomic E-state index is 0.0361. The molecule has 2 rings (SSSR count). The van der Waals surface area contributed by atoms with E-state index in [1.54, 1.807) is 18.2 Å². The van der Waals surface area contributed by atoms with Gasteiger partial charge < -0.3 is 15.3 Å². The van der Waals surface area contributed by atoms with Crippen molar-refractivity contribution >= 4 is 11.7 Å². The van der Waals surface area contributed by atoms with Gasteiger partial charge in [-0.3, -0.25) is 4.79 Å². The minimum atomic E-state index is -0.844. The summed E-state index contributed by atoms with van der Waals surface area (Å²) in [5, 5.41) is 12.2. The van der Waals surface area contributed by atoms with Gasteiger partial charge in [0.05, 0.1) is 12.1 Å². The number of carboxylic acid groups (broad SMARTS) is 1. The van der Waals surface area contributed by atoms with Crippen molar-refractivity contribution in [2.24, 2.45) is 0 Å². The number of rotatable bonds is 3. The van der Waals surface area contributed by atoms with E-state index in [0.717, 1.165) is 0 Å². The molecule has 1 unspecified atom stereocenters. The summed E-state index contributed by atoms with van der Waals surface area (Å²) in [5.74, 6) is -1.11. The molecule has 104 valence electrons. The van der Waals surface area contributed by atoms with Crippen molar-refractivity contribution in [3.05, 3.63) is 30.1 Å². The van der Waals surface area contributed by atoms with Crippen LogP contribution >= 0.6 is 0 Å². The lowest BCUT2D eigenvalue weighted by Gasteiger charge is -2.44. The molecule has 5 heteroatoms. The molecule has 2 N–H and O–H groups in total. The molecular weight excluding hydrogens is 247 g/mol. The van der Waals surface area contributed by atoms with Crippen molar-refractivity contribution in [3.8, 4) is 0 Å². The first kappa shape index (κ1) is 13.8. The maximum Gasteiger partial charge on any atom is 0.304 e. The van der Waals surface area contributed by atoms with Crippen molar-refractivity contribution < 1.29 is 14.3 Å². The molecule has 0 spiro atoms. The standard InChI is InChI=1S/C14H19FN2O2/c1-14(2)9-17(8-10(16-14)7-13(18)19)12-6-4-3-5-11(12)15/h3-6,10,16H,7-9H2,1-2H3,(H,18,19). The molecular formula is C14H19FN2O2. The molecule has 1 aliphatic rings. The largest absolute Gasteiger partial charge is 0.481 e. The SMILES string of the molecule is CC1(C)CN(c2ccccc2F)CC(CC(=O)O)N1. The highest BCUT2D eigenvalue weighted by Gasteiger charge is 2.33. The summed E-state index contributed by atoms with van der Waals surface area (Å²) >= 11 is 0. The Kier molecular flexibility index (Phi) is 3.75. The number of piperazine rings is 1. The van der Waals surface area contributed by atoms with Crippen LogP contribution in [-0.4, -0.2) is 35.7 Å². The monoisotopic (exact) mass is 266 g/mol. The van der Waals surface area contributed by atoms with Crippen molar-refractivity contribution in [2.45, 2.75) is 31.8 Å². The summed E-state index contributed by atoms with van der Waals surface area (Å²) in [5.41, 5.74) is 0.285. The fraction of sp³-hybridized carbons (Fsp3) is 0.500. The van der Waals surface area contributed by atoms with Crippen LogP contribution in [0, 0.1) is 5.82 Å². The van der Waals surface area contributed by atoms with Crippen molar-refractivity contribution in [1.29, 1.82) is 0 Å². The highest BCUT2D eigenvalue weighted by atomic mass is 19.1. The number of benzene rings is 1. The predicted octanol–water partition coefficient (Wildman–Crippen LogP) is 1.86. The van der Waals surface area contributed by atoms with Crippen LogP contribution in [0.2, 0.25) is 0 Å². The molecule has 1 aromatic rings. The average molecular weight is 266 g/mol. The third kappa shape index (κ3) is 3.44. The second-order valence-electron chi connectivity index (χ2n) is 5.65. The normalized spacial score (nSPS) is 22.3. The molecule has 0 amide bonds. The zero-order chi connectivity index (χ0) is 14.0. The van der Waals surface area contributed by atoms with Gasteiger partial charge in [0.25, 0.3) is 0 Å². The van der Waals surface area contributed by atoms with Crippen LogP contribution in [0.25, 0.3) is 0 Å². The Morgan fingerprint density at radius 1 is 1.53 bits per heavy atom. The fourth-order valence-electron chi connectivity index (χ4n) is 2.67. The third-order valence-electron chi connectivity index (χ3n) is 3.24. The number of para-hydroxylation sites is 1. The number of carbonyl (C=O) groups is 1. The van der Waals surface area contributed by atoms with E-state index >= 15 is 0 Å². The number of nitrogens with one attached hydrogen (secondary N) is 1. The summed E-state index contributed by atoms with van der Waals surface area (Å²) in [4.78, 5) is 12.8. The van der Waals surface area contributed by atoms with Crippen LogP contribution in [0.4, 0.5) is 10.1 Å². The Bertz CT molecular complexity index is 476. The van der Waals surface area contributed by atoms with E-state index in [0.29, 0.717) is 18.8 Å². The Morgan fingerprint density at radius 3 is 2.84 bits per heavy atom. The Morgan fingerprint density at radius 2 is 2.21 bits per heavy atom. The number of aliphatic carboxylic acids is 1. The summed E-state index contributed by atoms with van der Waals surface area (Å²) in [6.45, 7) is 5.13. The first-order valence-corrected chi connectivity index (χ1v) is 6.36. The summed E-state index contributed by atoms with van der Waals surface area (Å²) in [6.07, 6.45) is 0.0361. The van der Waals surface area contributed by atoms with Crippen molar-refractivity contribution in [1.82, 2.24) is 5.32 Å². The molecule has 1 heterocycles. The van der Waals surface area contributed by atoms with Gasteiger partial charge in [-0.1, -0.05) is 12.1 Å². The number of nitrogens with zero attached hydrogens (tertiary/aromatic N) is 1. The third-order valence-corrected chi connectivity index (χ3v) is 3.24. The molecule has 4 nitrogen and oxygen atoms in total. The van der Waals surface area contributed by atoms with Crippen LogP contribution in [0.3, 0.4) is 0 Å². The van der Waals surface area contributed by atoms with Crippen LogP contribution in [0.1, 0.15) is 20.3 Å². The van der Waals surface area contributed by atoms with E-state index in [1.165, 1.54) is 6.07 Å². The molecule has 0 saturated carbocycles. The van der Waals surface area contributed by atoms with Gasteiger partial charge >= 0.3 is 5.97 Å². The smallest absolute Gasteiger partial charge is 0.304 e. The van der Waals surface area contributed by atoms with Gasteiger partial charge in [-0.25, -0.2) is 4.39 Å². The lowest BCUT2D eigenvalue weighted by Crippen LogP contribution is -2.62. The molecule has 1 saturated heterocycles. The minimum Gasteiger partial charge on any atom is -0.481 e. The van der Waals surface area contributed by atoms with Gasteiger partial charge in [0.2, 0.25) is 0 Å². The second-order valence-corrected chi connectivity index (χ2v) is 5.65. The Hall–Kier alpha value is -1.62. The van der Waals surface area contributed by atoms with Gasteiger partial charge in [0.15, 0.2) is 0 Å². The molecule has 0 bridgehead atoms. The van der Waals surface area contributed by atoms with Crippen LogP contribution in [0.15, 0.2) is 24.3 Å². The fourth-order valence-corrected chi connectivity index (χ4v) is 2.67. The molecule has 1 aliphatic heterocycles. The summed E-state index contributed by atoms with van der Waals surface area (Å²) < 4.78 is 13.8. The number of halogens is 1. The highest BCUT2D eigenvalue weighted by molar-refractivity contribution is 5.68. The van der Waals surface area contributed by atoms with Gasteiger partial charge in [0.1, 0.15) is 5.82 Å². The van der Waals surface area contributed by atoms with Gasteiger partial charge in [-0.05, 0) is 26.0 Å². The van der Waals surface area contributed by atoms with Crippen LogP contribution < -0.4 is 10.2 Å². The van der Waals surface area contributed by atoms with Crippen LogP contribution in [0.5, 0.6) is 0 Å². The van der Waals surface area contributed by atoms with Crippen molar-refractivity contribution in [3.63, 3.8) is 0 Å². The molecule has 0 radical (unpaired) electrons. The first-order valence-electron chi connectivity index (χ1n) is 6.36. The summed E-state index contributed by atoms with van der Waals surface area (Å²) in [7, 11) is 0. The second kappa shape index (κ2) is 5.17. The number of hydrogen-bond acceptors (Lipinski definition) is 3. The van der Waals surface area contributed by atoms with E-state index < -0.39 is 5.97 Å². The zero-order valence-corrected chi connectivity index (χ0v) is 11.2. The zero-order valence-electron chi connectivity index (χ0n) is 11.2. The number of carboxylic acids is 1. The van der Waals surface area contributed by atoms with Gasteiger partial charge in [-0.15, -0.1) is 0 Å². The Labute approximate surface area is 112 Å². The lowest BCUT2D eigenvalue weighted by atomic mass is 9.96. The number of anilines is 1. The summed E-state index contributed by atoms with van der Waals surface area (Å²) in [6, 6.07) is 6.42. The lowest BCUT2D eigenvalue weighted by molar-refractivity contribution is -0.137. The van der Waals surface area contributed by atoms with Crippen LogP contribution in [-0.2, 0) is 4.79 Å². The van der Waals surface area contributed by atoms with Crippen molar-refractivity contribution in [2.75, 3.05) is 18.0 Å². The predicted molar refractivity (Wildman–Crippen MR) is 71.9 cm³/mol. The van der Waals surface area contributed by atoms with E-state index in [4.69, 9.17) is 5.11 Å².